The van der Waals surface area contributed by atoms with Gasteiger partial charge < -0.3 is 0 Å². The lowest BCUT2D eigenvalue weighted by atomic mass is 9.71. The second kappa shape index (κ2) is 4.43. The molecule has 0 spiro atoms. The van der Waals surface area contributed by atoms with Gasteiger partial charge in [-0.15, -0.1) is 0 Å². The molecule has 0 fully saturated rings. The normalized spacial score (nSPS) is 23.2. The van der Waals surface area contributed by atoms with E-state index in [2.05, 4.69) is 55.9 Å². The quantitative estimate of drug-likeness (QED) is 0.694. The van der Waals surface area contributed by atoms with Crippen LogP contribution in [-0.2, 0) is 25.3 Å². The molecule has 1 heterocycles. The van der Waals surface area contributed by atoms with Gasteiger partial charge in [0.1, 0.15) is 7.05 Å². The molecule has 2 aliphatic rings. The van der Waals surface area contributed by atoms with Gasteiger partial charge in [-0.05, 0) is 78.8 Å². The summed E-state index contributed by atoms with van der Waals surface area (Å²) in [5, 5.41) is 0. The fourth-order valence-electron chi connectivity index (χ4n) is 4.67. The van der Waals surface area contributed by atoms with Crippen LogP contribution >= 0.6 is 0 Å². The number of pyridine rings is 1. The average molecular weight is 278 g/mol. The molecule has 0 aliphatic heterocycles. The van der Waals surface area contributed by atoms with Crippen LogP contribution in [0, 0.1) is 6.92 Å². The van der Waals surface area contributed by atoms with Crippen molar-refractivity contribution in [3.63, 3.8) is 0 Å². The third-order valence-corrected chi connectivity index (χ3v) is 5.83. The van der Waals surface area contributed by atoms with Crippen molar-refractivity contribution in [1.82, 2.24) is 0 Å². The Hall–Kier alpha value is -1.63. The first kappa shape index (κ1) is 13.1. The Morgan fingerprint density at radius 1 is 1.14 bits per heavy atom. The molecule has 108 valence electrons. The third-order valence-electron chi connectivity index (χ3n) is 5.83. The molecule has 2 aromatic rings. The highest BCUT2D eigenvalue weighted by atomic mass is 14.9. The van der Waals surface area contributed by atoms with Gasteiger partial charge in [-0.25, -0.2) is 4.57 Å². The first-order valence-electron chi connectivity index (χ1n) is 8.21. The molecule has 1 heteroatoms. The van der Waals surface area contributed by atoms with E-state index in [0.29, 0.717) is 5.41 Å². The Balaban J connectivity index is 1.99. The number of hydrogen-bond acceptors (Lipinski definition) is 0. The van der Waals surface area contributed by atoms with Crippen molar-refractivity contribution >= 4 is 0 Å². The highest BCUT2D eigenvalue weighted by Crippen LogP contribution is 2.49. The molecule has 1 aromatic heterocycles. The molecular formula is C20H24N+. The summed E-state index contributed by atoms with van der Waals surface area (Å²) in [5.41, 5.74) is 9.76. The van der Waals surface area contributed by atoms with E-state index in [-0.39, 0.29) is 0 Å². The van der Waals surface area contributed by atoms with Crippen molar-refractivity contribution in [3.05, 3.63) is 52.7 Å². The minimum Gasteiger partial charge on any atom is -0.201 e. The Morgan fingerprint density at radius 3 is 2.81 bits per heavy atom. The lowest BCUT2D eigenvalue weighted by molar-refractivity contribution is -0.660. The Bertz CT molecular complexity index is 729. The molecule has 4 rings (SSSR count). The monoisotopic (exact) mass is 278 g/mol. The van der Waals surface area contributed by atoms with Crippen molar-refractivity contribution in [3.8, 4) is 11.3 Å². The molecule has 0 saturated heterocycles. The largest absolute Gasteiger partial charge is 0.212 e. The molecule has 2 aliphatic carbocycles. The topological polar surface area (TPSA) is 3.88 Å². The summed E-state index contributed by atoms with van der Waals surface area (Å²) < 4.78 is 2.25. The molecule has 21 heavy (non-hydrogen) atoms. The van der Waals surface area contributed by atoms with Gasteiger partial charge in [-0.1, -0.05) is 6.92 Å². The highest BCUT2D eigenvalue weighted by molar-refractivity contribution is 5.68. The lowest BCUT2D eigenvalue weighted by Crippen LogP contribution is -2.30. The van der Waals surface area contributed by atoms with Crippen LogP contribution in [0.15, 0.2) is 30.5 Å². The summed E-state index contributed by atoms with van der Waals surface area (Å²) in [6.45, 7) is 4.82. The van der Waals surface area contributed by atoms with Gasteiger partial charge in [-0.3, -0.25) is 0 Å². The predicted octanol–water partition coefficient (Wildman–Crippen LogP) is 4.03. The maximum atomic E-state index is 2.49. The zero-order valence-corrected chi connectivity index (χ0v) is 13.4. The summed E-state index contributed by atoms with van der Waals surface area (Å²) in [7, 11) is 2.15. The van der Waals surface area contributed by atoms with Gasteiger partial charge in [0, 0.05) is 17.7 Å². The molecule has 0 radical (unpaired) electrons. The van der Waals surface area contributed by atoms with Crippen molar-refractivity contribution in [2.24, 2.45) is 7.05 Å². The van der Waals surface area contributed by atoms with E-state index in [9.17, 15) is 0 Å². The summed E-state index contributed by atoms with van der Waals surface area (Å²) in [5.74, 6) is 0. The number of aromatic nitrogens is 1. The maximum Gasteiger partial charge on any atom is 0.212 e. The van der Waals surface area contributed by atoms with Crippen LogP contribution in [0.25, 0.3) is 11.3 Å². The van der Waals surface area contributed by atoms with Crippen LogP contribution in [0.3, 0.4) is 0 Å². The molecule has 1 atom stereocenters. The number of benzene rings is 1. The minimum atomic E-state index is 0.463. The Labute approximate surface area is 127 Å². The van der Waals surface area contributed by atoms with Crippen LogP contribution in [0.5, 0.6) is 0 Å². The van der Waals surface area contributed by atoms with Gasteiger partial charge in [0.15, 0.2) is 6.20 Å². The first-order valence-corrected chi connectivity index (χ1v) is 8.21. The third kappa shape index (κ3) is 1.79. The summed E-state index contributed by atoms with van der Waals surface area (Å²) >= 11 is 0. The van der Waals surface area contributed by atoms with E-state index in [0.717, 1.165) is 0 Å². The van der Waals surface area contributed by atoms with Crippen molar-refractivity contribution in [2.75, 3.05) is 0 Å². The molecular weight excluding hydrogens is 254 g/mol. The first-order chi connectivity index (χ1) is 10.1. The van der Waals surface area contributed by atoms with E-state index in [1.807, 2.05) is 0 Å². The molecule has 0 amide bonds. The molecule has 0 bridgehead atoms. The van der Waals surface area contributed by atoms with Gasteiger partial charge in [-0.2, -0.15) is 0 Å². The summed E-state index contributed by atoms with van der Waals surface area (Å²) in [6, 6.07) is 9.00. The Morgan fingerprint density at radius 2 is 2.00 bits per heavy atom. The van der Waals surface area contributed by atoms with Crippen LogP contribution in [0.4, 0.5) is 0 Å². The molecule has 1 aromatic carbocycles. The minimum absolute atomic E-state index is 0.463. The summed E-state index contributed by atoms with van der Waals surface area (Å²) in [4.78, 5) is 0. The van der Waals surface area contributed by atoms with Crippen LogP contribution < -0.4 is 4.57 Å². The van der Waals surface area contributed by atoms with E-state index in [1.165, 1.54) is 48.9 Å². The van der Waals surface area contributed by atoms with Crippen LogP contribution in [-0.4, -0.2) is 0 Å². The van der Waals surface area contributed by atoms with Crippen molar-refractivity contribution < 1.29 is 4.57 Å². The van der Waals surface area contributed by atoms with Crippen molar-refractivity contribution in [1.29, 1.82) is 0 Å². The highest BCUT2D eigenvalue weighted by Gasteiger charge is 2.40. The molecule has 0 saturated carbocycles. The number of rotatable bonds is 1. The van der Waals surface area contributed by atoms with Gasteiger partial charge in [0.2, 0.25) is 5.69 Å². The average Bonchev–Trinajstić information content (AvgIpc) is 2.83. The molecule has 0 N–H and O–H groups in total. The van der Waals surface area contributed by atoms with E-state index in [4.69, 9.17) is 0 Å². The van der Waals surface area contributed by atoms with E-state index >= 15 is 0 Å². The second-order valence-corrected chi connectivity index (χ2v) is 7.17. The predicted molar refractivity (Wildman–Crippen MR) is 86.4 cm³/mol. The van der Waals surface area contributed by atoms with E-state index < -0.39 is 0 Å². The van der Waals surface area contributed by atoms with Gasteiger partial charge in [0.25, 0.3) is 0 Å². The lowest BCUT2D eigenvalue weighted by Gasteiger charge is -2.33. The van der Waals surface area contributed by atoms with Gasteiger partial charge >= 0.3 is 0 Å². The second-order valence-electron chi connectivity index (χ2n) is 7.17. The fraction of sp³-hybridized carbons (Fsp3) is 0.450. The number of aryl methyl sites for hydroxylation is 2. The number of nitrogens with zero attached hydrogens (tertiary/aromatic N) is 1. The van der Waals surface area contributed by atoms with Crippen LogP contribution in [0.1, 0.15) is 48.4 Å². The molecule has 1 nitrogen and oxygen atoms in total. The van der Waals surface area contributed by atoms with Crippen molar-refractivity contribution in [2.45, 2.75) is 51.4 Å². The number of hydrogen-bond donors (Lipinski definition) is 0. The Kier molecular flexibility index (Phi) is 2.76. The van der Waals surface area contributed by atoms with E-state index in [1.54, 1.807) is 16.7 Å². The SMILES string of the molecule is Cc1c(-c2cccc[n+]2C)cc2c3c1CCC3(C)CCC2. The smallest absolute Gasteiger partial charge is 0.201 e. The maximum absolute atomic E-state index is 2.49. The fourth-order valence-corrected chi connectivity index (χ4v) is 4.67. The zero-order chi connectivity index (χ0) is 14.6. The zero-order valence-electron chi connectivity index (χ0n) is 13.4. The molecule has 1 unspecified atom stereocenters. The van der Waals surface area contributed by atoms with Gasteiger partial charge in [0.05, 0.1) is 0 Å². The summed E-state index contributed by atoms with van der Waals surface area (Å²) in [6.07, 6.45) is 8.77. The standard InChI is InChI=1S/C20H24N/c1-14-16-9-11-20(2)10-6-7-15(19(16)20)13-17(14)18-8-4-5-12-21(18)3/h4-5,8,12-13H,6-7,9-11H2,1-3H3/q+1. The van der Waals surface area contributed by atoms with Crippen LogP contribution in [0.2, 0.25) is 0 Å².